The average Bonchev–Trinajstić information content (AvgIpc) is 3.16. The van der Waals surface area contributed by atoms with Crippen LogP contribution in [-0.2, 0) is 23.9 Å². The van der Waals surface area contributed by atoms with Gasteiger partial charge in [-0.25, -0.2) is 4.98 Å². The Morgan fingerprint density at radius 2 is 2.08 bits per heavy atom. The van der Waals surface area contributed by atoms with Gasteiger partial charge in [0.05, 0.1) is 23.5 Å². The molecule has 1 atom stereocenters. The molecule has 4 rings (SSSR count). The number of hydrogen-bond donors (Lipinski definition) is 1. The SMILES string of the molecule is CCOCCCN1C(=O)/C(=C/c2c(N3CCNC(=O)[C@@H]3CC(=O)OCC)nc3ccccn3c2=O)SC1=S. The number of carbonyl (C=O) groups is 3. The van der Waals surface area contributed by atoms with Gasteiger partial charge >= 0.3 is 5.97 Å². The number of anilines is 1. The van der Waals surface area contributed by atoms with Gasteiger partial charge < -0.3 is 19.7 Å². The summed E-state index contributed by atoms with van der Waals surface area (Å²) in [5, 5.41) is 2.76. The first-order chi connectivity index (χ1) is 18.3. The van der Waals surface area contributed by atoms with Gasteiger partial charge in [0, 0.05) is 39.0 Å². The number of carbonyl (C=O) groups excluding carboxylic acids is 3. The van der Waals surface area contributed by atoms with E-state index in [1.54, 1.807) is 36.2 Å². The number of thioether (sulfide) groups is 1. The molecule has 0 aliphatic carbocycles. The molecular weight excluding hydrogens is 530 g/mol. The lowest BCUT2D eigenvalue weighted by Crippen LogP contribution is -2.57. The van der Waals surface area contributed by atoms with E-state index in [0.29, 0.717) is 49.2 Å². The predicted molar refractivity (Wildman–Crippen MR) is 148 cm³/mol. The van der Waals surface area contributed by atoms with Crippen LogP contribution in [0, 0.1) is 0 Å². The van der Waals surface area contributed by atoms with Gasteiger partial charge in [-0.15, -0.1) is 0 Å². The largest absolute Gasteiger partial charge is 0.466 e. The molecule has 4 heterocycles. The summed E-state index contributed by atoms with van der Waals surface area (Å²) >= 11 is 6.54. The summed E-state index contributed by atoms with van der Waals surface area (Å²) in [6.45, 7) is 5.88. The number of ether oxygens (including phenoxy) is 2. The van der Waals surface area contributed by atoms with Gasteiger partial charge in [-0.1, -0.05) is 30.0 Å². The van der Waals surface area contributed by atoms with Crippen LogP contribution in [0.4, 0.5) is 5.82 Å². The first-order valence-electron chi connectivity index (χ1n) is 12.4. The molecule has 0 unspecified atom stereocenters. The van der Waals surface area contributed by atoms with Crippen LogP contribution in [0.15, 0.2) is 34.1 Å². The lowest BCUT2D eigenvalue weighted by atomic mass is 10.1. The molecule has 38 heavy (non-hydrogen) atoms. The highest BCUT2D eigenvalue weighted by Gasteiger charge is 2.36. The van der Waals surface area contributed by atoms with Crippen molar-refractivity contribution in [2.45, 2.75) is 32.7 Å². The average molecular weight is 560 g/mol. The molecule has 202 valence electrons. The van der Waals surface area contributed by atoms with Crippen molar-refractivity contribution in [1.29, 1.82) is 0 Å². The Hall–Kier alpha value is -3.29. The van der Waals surface area contributed by atoms with Crippen molar-refractivity contribution >= 4 is 63.6 Å². The number of pyridine rings is 1. The quantitative estimate of drug-likeness (QED) is 0.199. The fourth-order valence-corrected chi connectivity index (χ4v) is 5.57. The lowest BCUT2D eigenvalue weighted by Gasteiger charge is -2.36. The molecule has 2 fully saturated rings. The van der Waals surface area contributed by atoms with Crippen LogP contribution in [0.2, 0.25) is 0 Å². The molecule has 2 aliphatic rings. The Bertz CT molecular complexity index is 1340. The number of rotatable bonds is 10. The second-order valence-electron chi connectivity index (χ2n) is 8.48. The Labute approximate surface area is 229 Å². The Morgan fingerprint density at radius 3 is 2.84 bits per heavy atom. The van der Waals surface area contributed by atoms with Gasteiger partial charge in [0.25, 0.3) is 11.5 Å². The van der Waals surface area contributed by atoms with Gasteiger partial charge in [0.15, 0.2) is 0 Å². The minimum absolute atomic E-state index is 0.132. The highest BCUT2D eigenvalue weighted by Crippen LogP contribution is 2.34. The molecule has 2 aliphatic heterocycles. The van der Waals surface area contributed by atoms with Crippen LogP contribution >= 0.6 is 24.0 Å². The zero-order valence-electron chi connectivity index (χ0n) is 21.2. The maximum atomic E-state index is 13.7. The Balaban J connectivity index is 1.76. The second-order valence-corrected chi connectivity index (χ2v) is 10.2. The number of nitrogens with one attached hydrogen (secondary N) is 1. The first-order valence-corrected chi connectivity index (χ1v) is 13.6. The summed E-state index contributed by atoms with van der Waals surface area (Å²) in [6, 6.07) is 4.20. The molecule has 1 N–H and O–H groups in total. The fourth-order valence-electron chi connectivity index (χ4n) is 4.28. The van der Waals surface area contributed by atoms with Gasteiger partial charge in [-0.05, 0) is 38.5 Å². The number of hydrogen-bond acceptors (Lipinski definition) is 10. The standard InChI is InChI=1S/C25H29N5O6S2/c1-3-35-13-7-11-30-24(34)18(38-25(30)37)14-16-21(27-19-8-5-6-10-29(19)23(16)33)28-12-9-26-22(32)17(28)15-20(31)36-4-2/h5-6,8,10,14,17H,3-4,7,9,11-13,15H2,1-2H3,(H,26,32)/b18-14-/t17-/m0/s1. The van der Waals surface area contributed by atoms with E-state index in [4.69, 9.17) is 26.7 Å². The third kappa shape index (κ3) is 5.89. The predicted octanol–water partition coefficient (Wildman–Crippen LogP) is 1.58. The van der Waals surface area contributed by atoms with E-state index in [1.165, 1.54) is 15.4 Å². The first kappa shape index (κ1) is 27.7. The summed E-state index contributed by atoms with van der Waals surface area (Å²) in [5.41, 5.74) is 0.0918. The highest BCUT2D eigenvalue weighted by atomic mass is 32.2. The molecular formula is C25H29N5O6S2. The summed E-state index contributed by atoms with van der Waals surface area (Å²) in [7, 11) is 0. The number of aromatic nitrogens is 2. The smallest absolute Gasteiger partial charge is 0.308 e. The van der Waals surface area contributed by atoms with Crippen LogP contribution in [0.3, 0.4) is 0 Å². The molecule has 2 amide bonds. The van der Waals surface area contributed by atoms with Crippen molar-refractivity contribution in [3.63, 3.8) is 0 Å². The van der Waals surface area contributed by atoms with Gasteiger partial charge in [0.1, 0.15) is 21.8 Å². The molecule has 0 aromatic carbocycles. The highest BCUT2D eigenvalue weighted by molar-refractivity contribution is 8.26. The third-order valence-electron chi connectivity index (χ3n) is 6.04. The number of amides is 2. The van der Waals surface area contributed by atoms with Crippen LogP contribution in [0.1, 0.15) is 32.3 Å². The number of thiocarbonyl (C=S) groups is 1. The monoisotopic (exact) mass is 559 g/mol. The van der Waals surface area contributed by atoms with E-state index in [1.807, 2.05) is 6.92 Å². The number of piperazine rings is 1. The zero-order valence-corrected chi connectivity index (χ0v) is 22.8. The summed E-state index contributed by atoms with van der Waals surface area (Å²) in [6.07, 6.45) is 3.48. The van der Waals surface area contributed by atoms with Crippen LogP contribution in [-0.4, -0.2) is 81.9 Å². The van der Waals surface area contributed by atoms with E-state index in [2.05, 4.69) is 5.32 Å². The third-order valence-corrected chi connectivity index (χ3v) is 7.42. The van der Waals surface area contributed by atoms with E-state index >= 15 is 0 Å². The topological polar surface area (TPSA) is 123 Å². The Morgan fingerprint density at radius 1 is 1.26 bits per heavy atom. The van der Waals surface area contributed by atoms with Gasteiger partial charge in [0.2, 0.25) is 5.91 Å². The van der Waals surface area contributed by atoms with E-state index in [0.717, 1.165) is 11.8 Å². The molecule has 0 bridgehead atoms. The summed E-state index contributed by atoms with van der Waals surface area (Å²) < 4.78 is 12.2. The normalized spacial score (nSPS) is 18.9. The summed E-state index contributed by atoms with van der Waals surface area (Å²) in [4.78, 5) is 60.2. The molecule has 0 radical (unpaired) electrons. The van der Waals surface area contributed by atoms with Crippen molar-refractivity contribution in [1.82, 2.24) is 19.6 Å². The van der Waals surface area contributed by atoms with E-state index < -0.39 is 17.6 Å². The molecule has 13 heteroatoms. The van der Waals surface area contributed by atoms with Crippen molar-refractivity contribution in [3.05, 3.63) is 45.2 Å². The number of esters is 1. The molecule has 0 saturated carbocycles. The Kier molecular flexibility index (Phi) is 9.13. The maximum absolute atomic E-state index is 13.7. The molecule has 0 spiro atoms. The molecule has 2 aromatic heterocycles. The second kappa shape index (κ2) is 12.5. The molecule has 2 aromatic rings. The minimum Gasteiger partial charge on any atom is -0.466 e. The maximum Gasteiger partial charge on any atom is 0.308 e. The van der Waals surface area contributed by atoms with E-state index in [9.17, 15) is 19.2 Å². The van der Waals surface area contributed by atoms with Crippen molar-refractivity contribution < 1.29 is 23.9 Å². The van der Waals surface area contributed by atoms with Crippen molar-refractivity contribution in [2.24, 2.45) is 0 Å². The van der Waals surface area contributed by atoms with Crippen LogP contribution in [0.25, 0.3) is 11.7 Å². The van der Waals surface area contributed by atoms with Crippen molar-refractivity contribution in [2.75, 3.05) is 44.4 Å². The molecule has 2 saturated heterocycles. The summed E-state index contributed by atoms with van der Waals surface area (Å²) in [5.74, 6) is -0.996. The minimum atomic E-state index is -0.930. The van der Waals surface area contributed by atoms with Crippen LogP contribution in [0.5, 0.6) is 0 Å². The van der Waals surface area contributed by atoms with Crippen molar-refractivity contribution in [3.8, 4) is 0 Å². The number of nitrogens with zero attached hydrogens (tertiary/aromatic N) is 4. The van der Waals surface area contributed by atoms with Gasteiger partial charge in [-0.2, -0.15) is 0 Å². The van der Waals surface area contributed by atoms with E-state index in [-0.39, 0.29) is 41.1 Å². The van der Waals surface area contributed by atoms with Gasteiger partial charge in [-0.3, -0.25) is 28.5 Å². The lowest BCUT2D eigenvalue weighted by molar-refractivity contribution is -0.145. The number of fused-ring (bicyclic) bond motifs is 1. The fraction of sp³-hybridized carbons (Fsp3) is 0.440. The molecule has 11 nitrogen and oxygen atoms in total. The van der Waals surface area contributed by atoms with Crippen LogP contribution < -0.4 is 15.8 Å². The zero-order chi connectivity index (χ0) is 27.2.